The van der Waals surface area contributed by atoms with Gasteiger partial charge in [-0.15, -0.1) is 0 Å². The van der Waals surface area contributed by atoms with E-state index in [4.69, 9.17) is 5.73 Å². The van der Waals surface area contributed by atoms with Crippen molar-refractivity contribution in [2.75, 3.05) is 17.7 Å². The third kappa shape index (κ3) is 1.31. The molecule has 90 valence electrons. The molecule has 1 amide bonds. The number of carbonyl (C=O) groups is 1. The second kappa shape index (κ2) is 3.49. The van der Waals surface area contributed by atoms with Crippen LogP contribution in [0.15, 0.2) is 18.2 Å². The molecule has 1 spiro atoms. The predicted octanol–water partition coefficient (Wildman–Crippen LogP) is 2.45. The molecule has 0 bridgehead atoms. The Morgan fingerprint density at radius 1 is 1.24 bits per heavy atom. The highest BCUT2D eigenvalue weighted by Crippen LogP contribution is 2.49. The molecule has 1 aromatic rings. The predicted molar refractivity (Wildman–Crippen MR) is 69.0 cm³/mol. The van der Waals surface area contributed by atoms with Gasteiger partial charge >= 0.3 is 0 Å². The molecule has 0 aromatic heterocycles. The summed E-state index contributed by atoms with van der Waals surface area (Å²) in [6, 6.07) is 5.86. The molecule has 17 heavy (non-hydrogen) atoms. The number of anilines is 2. The van der Waals surface area contributed by atoms with Crippen molar-refractivity contribution in [3.05, 3.63) is 23.8 Å². The summed E-state index contributed by atoms with van der Waals surface area (Å²) in [5.41, 5.74) is 8.58. The summed E-state index contributed by atoms with van der Waals surface area (Å²) in [5, 5.41) is 0. The van der Waals surface area contributed by atoms with Gasteiger partial charge in [-0.3, -0.25) is 4.79 Å². The molecule has 1 saturated carbocycles. The molecule has 3 rings (SSSR count). The quantitative estimate of drug-likeness (QED) is 0.696. The van der Waals surface area contributed by atoms with Crippen LogP contribution >= 0.6 is 0 Å². The van der Waals surface area contributed by atoms with Gasteiger partial charge in [-0.1, -0.05) is 19.3 Å². The summed E-state index contributed by atoms with van der Waals surface area (Å²) in [4.78, 5) is 14.3. The van der Waals surface area contributed by atoms with Gasteiger partial charge in [-0.05, 0) is 36.6 Å². The van der Waals surface area contributed by atoms with Gasteiger partial charge in [0.25, 0.3) is 0 Å². The number of carbonyl (C=O) groups excluding carboxylic acids is 1. The van der Waals surface area contributed by atoms with Gasteiger partial charge in [0, 0.05) is 18.4 Å². The van der Waals surface area contributed by atoms with Crippen molar-refractivity contribution in [2.24, 2.45) is 0 Å². The summed E-state index contributed by atoms with van der Waals surface area (Å²) >= 11 is 0. The van der Waals surface area contributed by atoms with E-state index in [2.05, 4.69) is 0 Å². The molecule has 3 nitrogen and oxygen atoms in total. The minimum absolute atomic E-state index is 0.262. The van der Waals surface area contributed by atoms with Crippen molar-refractivity contribution in [1.82, 2.24) is 0 Å². The van der Waals surface area contributed by atoms with Crippen LogP contribution in [-0.4, -0.2) is 13.0 Å². The number of nitrogens with zero attached hydrogens (tertiary/aromatic N) is 1. The van der Waals surface area contributed by atoms with Crippen molar-refractivity contribution in [3.63, 3.8) is 0 Å². The minimum Gasteiger partial charge on any atom is -0.399 e. The number of rotatable bonds is 0. The molecule has 1 heterocycles. The maximum absolute atomic E-state index is 12.5. The van der Waals surface area contributed by atoms with E-state index in [9.17, 15) is 4.79 Å². The van der Waals surface area contributed by atoms with Gasteiger partial charge in [0.1, 0.15) is 0 Å². The van der Waals surface area contributed by atoms with Gasteiger partial charge in [0.15, 0.2) is 0 Å². The molecule has 1 fully saturated rings. The molecule has 0 atom stereocenters. The number of benzene rings is 1. The largest absolute Gasteiger partial charge is 0.399 e. The number of nitrogens with two attached hydrogens (primary N) is 1. The second-order valence-corrected chi connectivity index (χ2v) is 5.28. The summed E-state index contributed by atoms with van der Waals surface area (Å²) in [7, 11) is 1.88. The first-order valence-corrected chi connectivity index (χ1v) is 6.33. The van der Waals surface area contributed by atoms with Gasteiger partial charge in [0.2, 0.25) is 5.91 Å². The number of hydrogen-bond acceptors (Lipinski definition) is 2. The summed E-state index contributed by atoms with van der Waals surface area (Å²) < 4.78 is 0. The Morgan fingerprint density at radius 3 is 2.65 bits per heavy atom. The zero-order valence-corrected chi connectivity index (χ0v) is 10.2. The van der Waals surface area contributed by atoms with Crippen molar-refractivity contribution >= 4 is 17.3 Å². The lowest BCUT2D eigenvalue weighted by Gasteiger charge is -2.32. The molecule has 0 radical (unpaired) electrons. The average Bonchev–Trinajstić information content (AvgIpc) is 2.54. The van der Waals surface area contributed by atoms with Gasteiger partial charge in [-0.2, -0.15) is 0 Å². The van der Waals surface area contributed by atoms with Crippen LogP contribution in [0.4, 0.5) is 11.4 Å². The molecular weight excluding hydrogens is 212 g/mol. The highest BCUT2D eigenvalue weighted by atomic mass is 16.2. The van der Waals surface area contributed by atoms with Crippen molar-refractivity contribution in [2.45, 2.75) is 37.5 Å². The Labute approximate surface area is 102 Å². The molecule has 1 aliphatic heterocycles. The van der Waals surface area contributed by atoms with Crippen LogP contribution in [0.2, 0.25) is 0 Å². The molecule has 0 saturated heterocycles. The van der Waals surface area contributed by atoms with Crippen LogP contribution in [0, 0.1) is 0 Å². The Balaban J connectivity index is 2.18. The Hall–Kier alpha value is -1.51. The smallest absolute Gasteiger partial charge is 0.237 e. The fourth-order valence-electron chi connectivity index (χ4n) is 3.41. The number of nitrogen functional groups attached to an aromatic ring is 1. The summed E-state index contributed by atoms with van der Waals surface area (Å²) in [6.45, 7) is 0. The highest BCUT2D eigenvalue weighted by Gasteiger charge is 2.49. The van der Waals surface area contributed by atoms with Gasteiger partial charge < -0.3 is 10.6 Å². The molecule has 0 unspecified atom stereocenters. The molecule has 1 aromatic carbocycles. The third-order valence-electron chi connectivity index (χ3n) is 4.32. The van der Waals surface area contributed by atoms with E-state index < -0.39 is 0 Å². The molecule has 2 N–H and O–H groups in total. The monoisotopic (exact) mass is 230 g/mol. The van der Waals surface area contributed by atoms with Gasteiger partial charge in [-0.25, -0.2) is 0 Å². The topological polar surface area (TPSA) is 46.3 Å². The fraction of sp³-hybridized carbons (Fsp3) is 0.500. The second-order valence-electron chi connectivity index (χ2n) is 5.28. The fourth-order valence-corrected chi connectivity index (χ4v) is 3.41. The zero-order chi connectivity index (χ0) is 12.0. The molecule has 2 aliphatic rings. The Bertz CT molecular complexity index is 475. The van der Waals surface area contributed by atoms with Crippen LogP contribution in [0.25, 0.3) is 0 Å². The van der Waals surface area contributed by atoms with Crippen molar-refractivity contribution in [3.8, 4) is 0 Å². The van der Waals surface area contributed by atoms with Crippen LogP contribution < -0.4 is 10.6 Å². The first-order valence-electron chi connectivity index (χ1n) is 6.33. The van der Waals surface area contributed by atoms with E-state index in [1.807, 2.05) is 25.2 Å². The van der Waals surface area contributed by atoms with E-state index in [0.29, 0.717) is 0 Å². The van der Waals surface area contributed by atoms with E-state index in [1.165, 1.54) is 6.42 Å². The highest BCUT2D eigenvalue weighted by molar-refractivity contribution is 6.08. The van der Waals surface area contributed by atoms with Gasteiger partial charge in [0.05, 0.1) is 5.41 Å². The summed E-state index contributed by atoms with van der Waals surface area (Å²) in [6.07, 6.45) is 5.50. The lowest BCUT2D eigenvalue weighted by atomic mass is 9.70. The average molecular weight is 230 g/mol. The number of fused-ring (bicyclic) bond motifs is 2. The van der Waals surface area contributed by atoms with E-state index in [1.54, 1.807) is 4.90 Å². The molecule has 3 heteroatoms. The lowest BCUT2D eigenvalue weighted by molar-refractivity contribution is -0.124. The number of likely N-dealkylation sites (N-methyl/N-ethyl adjacent to an activating group) is 1. The van der Waals surface area contributed by atoms with Crippen molar-refractivity contribution in [1.29, 1.82) is 0 Å². The maximum atomic E-state index is 12.5. The van der Waals surface area contributed by atoms with Crippen LogP contribution in [0.1, 0.15) is 37.7 Å². The lowest BCUT2D eigenvalue weighted by Crippen LogP contribution is -2.40. The van der Waals surface area contributed by atoms with E-state index >= 15 is 0 Å². The van der Waals surface area contributed by atoms with Crippen LogP contribution in [0.5, 0.6) is 0 Å². The summed E-state index contributed by atoms with van der Waals surface area (Å²) in [5.74, 6) is 0.262. The Morgan fingerprint density at radius 2 is 1.94 bits per heavy atom. The van der Waals surface area contributed by atoms with Crippen LogP contribution in [0.3, 0.4) is 0 Å². The minimum atomic E-state index is -0.266. The Kier molecular flexibility index (Phi) is 2.18. The SMILES string of the molecule is CN1C(=O)C2(CCCCC2)c2cc(N)ccc21. The number of hydrogen-bond donors (Lipinski definition) is 1. The molecule has 1 aliphatic carbocycles. The zero-order valence-electron chi connectivity index (χ0n) is 10.2. The standard InChI is InChI=1S/C14H18N2O/c1-16-12-6-5-10(15)9-11(12)14(13(16)17)7-3-2-4-8-14/h5-6,9H,2-4,7-8,15H2,1H3. The van der Waals surface area contributed by atoms with Crippen molar-refractivity contribution < 1.29 is 4.79 Å². The number of amides is 1. The van der Waals surface area contributed by atoms with E-state index in [-0.39, 0.29) is 11.3 Å². The third-order valence-corrected chi connectivity index (χ3v) is 4.32. The first kappa shape index (κ1) is 10.6. The first-order chi connectivity index (χ1) is 8.15. The van der Waals surface area contributed by atoms with E-state index in [0.717, 1.165) is 42.6 Å². The normalized spacial score (nSPS) is 21.9. The molecular formula is C14H18N2O. The maximum Gasteiger partial charge on any atom is 0.237 e. The van der Waals surface area contributed by atoms with Crippen LogP contribution in [-0.2, 0) is 10.2 Å².